The van der Waals surface area contributed by atoms with Crippen molar-refractivity contribution in [3.8, 4) is 0 Å². The van der Waals surface area contributed by atoms with E-state index in [1.165, 1.54) is 0 Å². The Morgan fingerprint density at radius 2 is 2.18 bits per heavy atom. The highest BCUT2D eigenvalue weighted by atomic mass is 16.6. The van der Waals surface area contributed by atoms with Crippen LogP contribution < -0.4 is 0 Å². The fraction of sp³-hybridized carbons (Fsp3) is 0.833. The molecule has 0 bridgehead atoms. The van der Waals surface area contributed by atoms with Gasteiger partial charge in [-0.2, -0.15) is 0 Å². The molecule has 1 saturated heterocycles. The van der Waals surface area contributed by atoms with Crippen molar-refractivity contribution in [1.82, 2.24) is 0 Å². The van der Waals surface area contributed by atoms with Crippen LogP contribution in [-0.2, 0) is 9.53 Å². The molecule has 1 rings (SSSR count). The molecule has 1 aliphatic rings. The van der Waals surface area contributed by atoms with Crippen molar-refractivity contribution in [2.75, 3.05) is 6.61 Å². The van der Waals surface area contributed by atoms with Crippen LogP contribution in [-0.4, -0.2) is 46.2 Å². The van der Waals surface area contributed by atoms with E-state index in [9.17, 15) is 4.79 Å². The third-order valence-electron chi connectivity index (χ3n) is 1.60. The highest BCUT2D eigenvalue weighted by molar-refractivity contribution is 5.82. The Bertz CT molecular complexity index is 157. The minimum Gasteiger partial charge on any atom is -0.394 e. The molecule has 1 unspecified atom stereocenters. The van der Waals surface area contributed by atoms with Crippen LogP contribution in [0.25, 0.3) is 0 Å². The lowest BCUT2D eigenvalue weighted by Gasteiger charge is -2.28. The number of carbonyl (C=O) groups is 1. The van der Waals surface area contributed by atoms with Crippen LogP contribution in [0.5, 0.6) is 0 Å². The van der Waals surface area contributed by atoms with E-state index in [1.807, 2.05) is 0 Å². The maximum absolute atomic E-state index is 10.6. The first-order valence-electron chi connectivity index (χ1n) is 3.30. The van der Waals surface area contributed by atoms with E-state index >= 15 is 0 Å². The standard InChI is InChI=1S/C6H10O5/c7-2-5-3(8)1-4(9)6(10)11-5/h3,5-8,10H,1-2H2/t3-,5-,6?/m1/s1. The smallest absolute Gasteiger partial charge is 0.215 e. The Labute approximate surface area is 63.2 Å². The summed E-state index contributed by atoms with van der Waals surface area (Å²) in [4.78, 5) is 10.6. The van der Waals surface area contributed by atoms with Gasteiger partial charge in [0.25, 0.3) is 0 Å². The molecule has 0 aromatic heterocycles. The summed E-state index contributed by atoms with van der Waals surface area (Å²) in [6.45, 7) is -0.397. The average molecular weight is 162 g/mol. The van der Waals surface area contributed by atoms with Crippen molar-refractivity contribution in [3.63, 3.8) is 0 Å². The van der Waals surface area contributed by atoms with Crippen LogP contribution in [0.15, 0.2) is 0 Å². The van der Waals surface area contributed by atoms with Crippen LogP contribution in [0.4, 0.5) is 0 Å². The van der Waals surface area contributed by atoms with E-state index in [0.717, 1.165) is 0 Å². The molecular weight excluding hydrogens is 152 g/mol. The number of hydrogen-bond donors (Lipinski definition) is 3. The first kappa shape index (κ1) is 8.61. The van der Waals surface area contributed by atoms with Crippen molar-refractivity contribution in [2.45, 2.75) is 24.9 Å². The molecule has 0 spiro atoms. The first-order valence-corrected chi connectivity index (χ1v) is 3.30. The number of aliphatic hydroxyl groups is 3. The third-order valence-corrected chi connectivity index (χ3v) is 1.60. The molecular formula is C6H10O5. The Balaban J connectivity index is 2.54. The summed E-state index contributed by atoms with van der Waals surface area (Å²) in [5, 5.41) is 26.4. The zero-order valence-corrected chi connectivity index (χ0v) is 5.80. The van der Waals surface area contributed by atoms with Crippen LogP contribution in [0.1, 0.15) is 6.42 Å². The van der Waals surface area contributed by atoms with Crippen LogP contribution in [0.2, 0.25) is 0 Å². The van der Waals surface area contributed by atoms with Gasteiger partial charge in [-0.1, -0.05) is 0 Å². The van der Waals surface area contributed by atoms with Crippen molar-refractivity contribution >= 4 is 5.78 Å². The van der Waals surface area contributed by atoms with Crippen molar-refractivity contribution in [3.05, 3.63) is 0 Å². The normalized spacial score (nSPS) is 39.2. The highest BCUT2D eigenvalue weighted by Crippen LogP contribution is 2.14. The van der Waals surface area contributed by atoms with Crippen molar-refractivity contribution < 1.29 is 24.9 Å². The lowest BCUT2D eigenvalue weighted by atomic mass is 10.0. The molecule has 3 N–H and O–H groups in total. The number of Topliss-reactive ketones (excluding diaryl/α,β-unsaturated/α-hetero) is 1. The van der Waals surface area contributed by atoms with Gasteiger partial charge < -0.3 is 20.1 Å². The average Bonchev–Trinajstić information content (AvgIpc) is 1.97. The van der Waals surface area contributed by atoms with E-state index in [-0.39, 0.29) is 6.42 Å². The number of carbonyl (C=O) groups excluding carboxylic acids is 1. The highest BCUT2D eigenvalue weighted by Gasteiger charge is 2.34. The molecule has 5 heteroatoms. The molecule has 1 aliphatic heterocycles. The molecule has 0 radical (unpaired) electrons. The monoisotopic (exact) mass is 162 g/mol. The number of ether oxygens (including phenoxy) is 1. The Kier molecular flexibility index (Phi) is 2.56. The largest absolute Gasteiger partial charge is 0.394 e. The maximum Gasteiger partial charge on any atom is 0.215 e. The Hall–Kier alpha value is -0.490. The summed E-state index contributed by atoms with van der Waals surface area (Å²) in [5.41, 5.74) is 0. The molecule has 64 valence electrons. The van der Waals surface area contributed by atoms with Crippen LogP contribution >= 0.6 is 0 Å². The van der Waals surface area contributed by atoms with Gasteiger partial charge in [0.15, 0.2) is 5.78 Å². The van der Waals surface area contributed by atoms with Crippen LogP contribution in [0, 0.1) is 0 Å². The van der Waals surface area contributed by atoms with E-state index in [0.29, 0.717) is 0 Å². The number of ketones is 1. The topological polar surface area (TPSA) is 87.0 Å². The molecule has 5 nitrogen and oxygen atoms in total. The summed E-state index contributed by atoms with van der Waals surface area (Å²) >= 11 is 0. The molecule has 0 aromatic rings. The minimum absolute atomic E-state index is 0.160. The predicted octanol–water partition coefficient (Wildman–Crippen LogP) is -1.98. The summed E-state index contributed by atoms with van der Waals surface area (Å²) in [7, 11) is 0. The summed E-state index contributed by atoms with van der Waals surface area (Å²) in [6, 6.07) is 0. The summed E-state index contributed by atoms with van der Waals surface area (Å²) in [6.07, 6.45) is -3.50. The molecule has 0 aliphatic carbocycles. The van der Waals surface area contributed by atoms with Gasteiger partial charge in [-0.25, -0.2) is 0 Å². The van der Waals surface area contributed by atoms with Crippen LogP contribution in [0.3, 0.4) is 0 Å². The Morgan fingerprint density at radius 1 is 1.55 bits per heavy atom. The summed E-state index contributed by atoms with van der Waals surface area (Å²) < 4.78 is 4.57. The maximum atomic E-state index is 10.6. The lowest BCUT2D eigenvalue weighted by Crippen LogP contribution is -2.46. The summed E-state index contributed by atoms with van der Waals surface area (Å²) in [5.74, 6) is -0.554. The lowest BCUT2D eigenvalue weighted by molar-refractivity contribution is -0.205. The molecule has 0 aromatic carbocycles. The van der Waals surface area contributed by atoms with Gasteiger partial charge in [-0.05, 0) is 0 Å². The molecule has 0 amide bonds. The van der Waals surface area contributed by atoms with Gasteiger partial charge in [0, 0.05) is 6.42 Å². The second-order valence-corrected chi connectivity index (χ2v) is 2.45. The van der Waals surface area contributed by atoms with Gasteiger partial charge in [0.05, 0.1) is 12.7 Å². The van der Waals surface area contributed by atoms with E-state index in [4.69, 9.17) is 15.3 Å². The number of hydrogen-bond acceptors (Lipinski definition) is 5. The van der Waals surface area contributed by atoms with Gasteiger partial charge in [0.1, 0.15) is 6.10 Å². The third kappa shape index (κ3) is 1.75. The molecule has 3 atom stereocenters. The van der Waals surface area contributed by atoms with Gasteiger partial charge in [-0.15, -0.1) is 0 Å². The van der Waals surface area contributed by atoms with Gasteiger partial charge in [0.2, 0.25) is 6.29 Å². The molecule has 1 fully saturated rings. The van der Waals surface area contributed by atoms with Gasteiger partial charge >= 0.3 is 0 Å². The molecule has 11 heavy (non-hydrogen) atoms. The SMILES string of the molecule is O=C1C[C@@H](O)[C@@H](CO)OC1O. The Morgan fingerprint density at radius 3 is 2.73 bits per heavy atom. The fourth-order valence-electron chi connectivity index (χ4n) is 0.935. The zero-order chi connectivity index (χ0) is 8.43. The first-order chi connectivity index (χ1) is 5.15. The van der Waals surface area contributed by atoms with Crippen molar-refractivity contribution in [2.24, 2.45) is 0 Å². The minimum atomic E-state index is -1.49. The van der Waals surface area contributed by atoms with Crippen molar-refractivity contribution in [1.29, 1.82) is 0 Å². The van der Waals surface area contributed by atoms with E-state index < -0.39 is 30.9 Å². The van der Waals surface area contributed by atoms with E-state index in [2.05, 4.69) is 4.74 Å². The second kappa shape index (κ2) is 3.27. The fourth-order valence-corrected chi connectivity index (χ4v) is 0.935. The number of rotatable bonds is 1. The molecule has 0 saturated carbocycles. The molecule has 1 heterocycles. The van der Waals surface area contributed by atoms with E-state index in [1.54, 1.807) is 0 Å². The number of aliphatic hydroxyl groups excluding tert-OH is 3. The predicted molar refractivity (Wildman–Crippen MR) is 33.6 cm³/mol. The van der Waals surface area contributed by atoms with Gasteiger partial charge in [-0.3, -0.25) is 4.79 Å². The quantitative estimate of drug-likeness (QED) is 0.415. The zero-order valence-electron chi connectivity index (χ0n) is 5.80. The second-order valence-electron chi connectivity index (χ2n) is 2.45.